The quantitative estimate of drug-likeness (QED) is 0.760. The summed E-state index contributed by atoms with van der Waals surface area (Å²) in [6, 6.07) is 3.92. The number of aromatic nitrogens is 2. The van der Waals surface area contributed by atoms with Gasteiger partial charge < -0.3 is 25.0 Å². The monoisotopic (exact) mass is 419 g/mol. The largest absolute Gasteiger partial charge is 0.493 e. The number of amides is 1. The number of alkyl halides is 1. The number of methoxy groups -OCH3 is 2. The lowest BCUT2D eigenvalue weighted by atomic mass is 9.86. The van der Waals surface area contributed by atoms with Crippen molar-refractivity contribution in [2.75, 3.05) is 43.8 Å². The van der Waals surface area contributed by atoms with Crippen molar-refractivity contribution in [3.8, 4) is 11.5 Å². The van der Waals surface area contributed by atoms with Crippen LogP contribution in [0.4, 0.5) is 11.8 Å². The predicted octanol–water partition coefficient (Wildman–Crippen LogP) is 2.43. The highest BCUT2D eigenvalue weighted by Crippen LogP contribution is 2.36. The molecule has 1 aromatic heterocycles. The number of halogens is 1. The summed E-state index contributed by atoms with van der Waals surface area (Å²) in [4.78, 5) is 25.9. The molecule has 4 rings (SSSR count). The van der Waals surface area contributed by atoms with E-state index in [2.05, 4.69) is 9.88 Å². The number of hydrogen-bond acceptors (Lipinski definition) is 7. The Morgan fingerprint density at radius 3 is 2.52 bits per heavy atom. The second-order valence-electron chi connectivity index (χ2n) is 7.47. The molecule has 2 unspecified atom stereocenters. The van der Waals surface area contributed by atoms with Gasteiger partial charge in [-0.05, 0) is 18.9 Å². The van der Waals surface area contributed by atoms with Crippen molar-refractivity contribution < 1.29 is 14.3 Å². The van der Waals surface area contributed by atoms with Crippen molar-refractivity contribution in [2.45, 2.75) is 37.8 Å². The Hall–Kier alpha value is -2.48. The van der Waals surface area contributed by atoms with Gasteiger partial charge in [0.15, 0.2) is 11.5 Å². The summed E-state index contributed by atoms with van der Waals surface area (Å²) < 4.78 is 10.8. The molecule has 2 fully saturated rings. The summed E-state index contributed by atoms with van der Waals surface area (Å²) in [5.74, 6) is 2.19. The zero-order valence-electron chi connectivity index (χ0n) is 16.7. The summed E-state index contributed by atoms with van der Waals surface area (Å²) in [7, 11) is 3.18. The maximum absolute atomic E-state index is 12.3. The van der Waals surface area contributed by atoms with E-state index in [-0.39, 0.29) is 23.9 Å². The molecular formula is C20H26ClN5O3. The lowest BCUT2D eigenvalue weighted by molar-refractivity contribution is -0.132. The van der Waals surface area contributed by atoms with Gasteiger partial charge in [-0.1, -0.05) is 12.8 Å². The minimum atomic E-state index is -0.000934. The maximum Gasteiger partial charge on any atom is 0.237 e. The minimum absolute atomic E-state index is 0.000934. The van der Waals surface area contributed by atoms with Crippen LogP contribution in [-0.2, 0) is 4.79 Å². The zero-order valence-corrected chi connectivity index (χ0v) is 17.5. The number of benzene rings is 1. The van der Waals surface area contributed by atoms with Gasteiger partial charge in [0, 0.05) is 24.5 Å². The molecule has 0 radical (unpaired) electrons. The number of carbonyl (C=O) groups excluding carboxylic acids is 1. The molecule has 1 saturated heterocycles. The number of rotatable bonds is 4. The fraction of sp³-hybridized carbons (Fsp3) is 0.550. The molecule has 1 saturated carbocycles. The second-order valence-corrected chi connectivity index (χ2v) is 7.73. The Bertz CT molecular complexity index is 925. The molecule has 1 aliphatic carbocycles. The Labute approximate surface area is 174 Å². The molecule has 1 aliphatic heterocycles. The fourth-order valence-electron chi connectivity index (χ4n) is 4.60. The van der Waals surface area contributed by atoms with Crippen molar-refractivity contribution in [1.29, 1.82) is 0 Å². The molecule has 0 bridgehead atoms. The van der Waals surface area contributed by atoms with Crippen LogP contribution in [0.15, 0.2) is 12.1 Å². The second kappa shape index (κ2) is 8.10. The number of nitrogens with two attached hydrogens (primary N) is 1. The van der Waals surface area contributed by atoms with Gasteiger partial charge in [0.25, 0.3) is 0 Å². The zero-order chi connectivity index (χ0) is 20.5. The predicted molar refractivity (Wildman–Crippen MR) is 113 cm³/mol. The highest BCUT2D eigenvalue weighted by Gasteiger charge is 2.41. The molecule has 8 nitrogen and oxygen atoms in total. The van der Waals surface area contributed by atoms with E-state index in [9.17, 15) is 4.79 Å². The van der Waals surface area contributed by atoms with E-state index < -0.39 is 0 Å². The molecule has 0 spiro atoms. The number of fused-ring (bicyclic) bond motifs is 2. The smallest absolute Gasteiger partial charge is 0.237 e. The van der Waals surface area contributed by atoms with E-state index in [0.29, 0.717) is 41.9 Å². The first-order valence-corrected chi connectivity index (χ1v) is 10.4. The topological polar surface area (TPSA) is 93.8 Å². The number of nitrogen functional groups attached to an aromatic ring is 1. The third-order valence-electron chi connectivity index (χ3n) is 5.99. The standard InChI is InChI=1S/C20H26ClN5O3/c1-28-16-9-12-13(10-17(16)29-2)23-20(24-19(12)22)26-8-7-25(18(27)11-21)14-5-3-4-6-15(14)26/h9-10,14-15H,3-8,11H2,1-2H3,(H2,22,23,24). The Morgan fingerprint density at radius 2 is 1.83 bits per heavy atom. The molecule has 156 valence electrons. The van der Waals surface area contributed by atoms with Gasteiger partial charge >= 0.3 is 0 Å². The number of ether oxygens (including phenoxy) is 2. The average molecular weight is 420 g/mol. The van der Waals surface area contributed by atoms with Gasteiger partial charge in [0.1, 0.15) is 11.7 Å². The van der Waals surface area contributed by atoms with Crippen LogP contribution in [-0.4, -0.2) is 66.0 Å². The molecule has 29 heavy (non-hydrogen) atoms. The fourth-order valence-corrected chi connectivity index (χ4v) is 4.75. The molecule has 2 heterocycles. The highest BCUT2D eigenvalue weighted by atomic mass is 35.5. The number of nitrogens with zero attached hydrogens (tertiary/aromatic N) is 4. The van der Waals surface area contributed by atoms with Crippen LogP contribution in [0, 0.1) is 0 Å². The van der Waals surface area contributed by atoms with E-state index in [4.69, 9.17) is 31.8 Å². The number of hydrogen-bond donors (Lipinski definition) is 1. The SMILES string of the molecule is COc1cc2nc(N3CCN(C(=O)CCl)C4CCCCC43)nc(N)c2cc1OC. The van der Waals surface area contributed by atoms with Crippen LogP contribution in [0.3, 0.4) is 0 Å². The molecule has 1 aromatic carbocycles. The third-order valence-corrected chi connectivity index (χ3v) is 6.22. The summed E-state index contributed by atoms with van der Waals surface area (Å²) in [6.07, 6.45) is 4.19. The summed E-state index contributed by atoms with van der Waals surface area (Å²) in [5, 5.41) is 0.725. The minimum Gasteiger partial charge on any atom is -0.493 e. The van der Waals surface area contributed by atoms with Crippen LogP contribution in [0.25, 0.3) is 10.9 Å². The van der Waals surface area contributed by atoms with Gasteiger partial charge in [-0.3, -0.25) is 4.79 Å². The van der Waals surface area contributed by atoms with Crippen LogP contribution in [0.5, 0.6) is 11.5 Å². The summed E-state index contributed by atoms with van der Waals surface area (Å²) in [6.45, 7) is 1.27. The lowest BCUT2D eigenvalue weighted by Gasteiger charge is -2.49. The normalized spacial score (nSPS) is 21.8. The summed E-state index contributed by atoms with van der Waals surface area (Å²) in [5.41, 5.74) is 6.99. The van der Waals surface area contributed by atoms with E-state index in [1.54, 1.807) is 20.3 Å². The first-order chi connectivity index (χ1) is 14.1. The first kappa shape index (κ1) is 19.8. The molecule has 2 aromatic rings. The van der Waals surface area contributed by atoms with Gasteiger partial charge in [-0.25, -0.2) is 4.98 Å². The average Bonchev–Trinajstić information content (AvgIpc) is 2.76. The van der Waals surface area contributed by atoms with Gasteiger partial charge in [0.2, 0.25) is 11.9 Å². The molecule has 2 N–H and O–H groups in total. The van der Waals surface area contributed by atoms with E-state index in [1.165, 1.54) is 0 Å². The first-order valence-electron chi connectivity index (χ1n) is 9.88. The van der Waals surface area contributed by atoms with E-state index in [1.807, 2.05) is 11.0 Å². The van der Waals surface area contributed by atoms with Crippen molar-refractivity contribution in [3.05, 3.63) is 12.1 Å². The Balaban J connectivity index is 1.73. The van der Waals surface area contributed by atoms with Crippen LogP contribution < -0.4 is 20.1 Å². The van der Waals surface area contributed by atoms with Crippen molar-refractivity contribution in [1.82, 2.24) is 14.9 Å². The molecular weight excluding hydrogens is 394 g/mol. The number of anilines is 2. The van der Waals surface area contributed by atoms with Crippen LogP contribution >= 0.6 is 11.6 Å². The third kappa shape index (κ3) is 3.50. The van der Waals surface area contributed by atoms with Gasteiger partial charge in [-0.15, -0.1) is 11.6 Å². The maximum atomic E-state index is 12.3. The van der Waals surface area contributed by atoms with Crippen LogP contribution in [0.2, 0.25) is 0 Å². The van der Waals surface area contributed by atoms with Crippen molar-refractivity contribution in [2.24, 2.45) is 0 Å². The molecule has 1 amide bonds. The van der Waals surface area contributed by atoms with Gasteiger partial charge in [0.05, 0.1) is 31.8 Å². The Kier molecular flexibility index (Phi) is 5.54. The van der Waals surface area contributed by atoms with Crippen molar-refractivity contribution >= 4 is 40.2 Å². The summed E-state index contributed by atoms with van der Waals surface area (Å²) >= 11 is 5.84. The van der Waals surface area contributed by atoms with E-state index in [0.717, 1.165) is 31.1 Å². The van der Waals surface area contributed by atoms with Crippen molar-refractivity contribution in [3.63, 3.8) is 0 Å². The highest BCUT2D eigenvalue weighted by molar-refractivity contribution is 6.27. The Morgan fingerprint density at radius 1 is 1.14 bits per heavy atom. The number of carbonyl (C=O) groups is 1. The molecule has 2 atom stereocenters. The van der Waals surface area contributed by atoms with E-state index >= 15 is 0 Å². The number of piperazine rings is 1. The molecule has 9 heteroatoms. The lowest BCUT2D eigenvalue weighted by Crippen LogP contribution is -2.62. The van der Waals surface area contributed by atoms with Gasteiger partial charge in [-0.2, -0.15) is 4.98 Å². The van der Waals surface area contributed by atoms with Crippen LogP contribution in [0.1, 0.15) is 25.7 Å². The molecule has 2 aliphatic rings.